The molecule has 0 atom stereocenters. The van der Waals surface area contributed by atoms with E-state index in [0.29, 0.717) is 22.6 Å². The molecule has 1 N–H and O–H groups in total. The van der Waals surface area contributed by atoms with Gasteiger partial charge in [0.1, 0.15) is 17.3 Å². The molecular formula is C17H15FN4O2S. The molecule has 8 heteroatoms. The Morgan fingerprint density at radius 3 is 2.72 bits per heavy atom. The van der Waals surface area contributed by atoms with E-state index in [4.69, 9.17) is 21.7 Å². The van der Waals surface area contributed by atoms with Gasteiger partial charge in [0.2, 0.25) is 4.77 Å². The molecule has 0 saturated heterocycles. The van der Waals surface area contributed by atoms with Crippen LogP contribution in [0, 0.1) is 10.6 Å². The molecule has 0 bridgehead atoms. The third kappa shape index (κ3) is 3.43. The number of methoxy groups -OCH3 is 2. The van der Waals surface area contributed by atoms with Crippen LogP contribution < -0.4 is 9.47 Å². The van der Waals surface area contributed by atoms with Crippen LogP contribution >= 0.6 is 12.2 Å². The Kier molecular flexibility index (Phi) is 4.90. The number of hydrogen-bond acceptors (Lipinski definition) is 5. The Hall–Kier alpha value is -3.00. The van der Waals surface area contributed by atoms with Crippen LogP contribution in [-0.2, 0) is 0 Å². The summed E-state index contributed by atoms with van der Waals surface area (Å²) in [6.45, 7) is 0. The van der Waals surface area contributed by atoms with E-state index in [-0.39, 0.29) is 10.6 Å². The first-order valence-corrected chi connectivity index (χ1v) is 7.73. The van der Waals surface area contributed by atoms with E-state index in [1.165, 1.54) is 10.7 Å². The maximum atomic E-state index is 14.0. The predicted octanol–water partition coefficient (Wildman–Crippen LogP) is 3.65. The van der Waals surface area contributed by atoms with E-state index < -0.39 is 5.82 Å². The zero-order chi connectivity index (χ0) is 17.8. The molecule has 0 amide bonds. The van der Waals surface area contributed by atoms with Crippen molar-refractivity contribution in [2.24, 2.45) is 5.10 Å². The van der Waals surface area contributed by atoms with Crippen LogP contribution in [0.5, 0.6) is 11.5 Å². The van der Waals surface area contributed by atoms with Gasteiger partial charge in [0.05, 0.1) is 26.0 Å². The Bertz CT molecular complexity index is 981. The Labute approximate surface area is 148 Å². The maximum Gasteiger partial charge on any atom is 0.216 e. The van der Waals surface area contributed by atoms with Gasteiger partial charge in [0.15, 0.2) is 5.82 Å². The second-order valence-corrected chi connectivity index (χ2v) is 5.38. The van der Waals surface area contributed by atoms with Crippen LogP contribution in [0.1, 0.15) is 5.56 Å². The van der Waals surface area contributed by atoms with Crippen LogP contribution in [0.15, 0.2) is 47.6 Å². The third-order valence-corrected chi connectivity index (χ3v) is 3.78. The van der Waals surface area contributed by atoms with Crippen molar-refractivity contribution < 1.29 is 13.9 Å². The van der Waals surface area contributed by atoms with Crippen molar-refractivity contribution in [2.45, 2.75) is 0 Å². The lowest BCUT2D eigenvalue weighted by atomic mass is 10.2. The fourth-order valence-corrected chi connectivity index (χ4v) is 2.44. The molecule has 0 aliphatic heterocycles. The molecule has 0 unspecified atom stereocenters. The SMILES string of the molecule is COc1ccc(/C=N\n2c(-c3ccccc3F)n[nH]c2=S)c(OC)c1. The fraction of sp³-hybridized carbons (Fsp3) is 0.118. The minimum atomic E-state index is -0.407. The molecule has 0 spiro atoms. The van der Waals surface area contributed by atoms with Crippen LogP contribution in [0.3, 0.4) is 0 Å². The van der Waals surface area contributed by atoms with E-state index in [9.17, 15) is 4.39 Å². The lowest BCUT2D eigenvalue weighted by molar-refractivity contribution is 0.394. The lowest BCUT2D eigenvalue weighted by Crippen LogP contribution is -1.98. The molecule has 3 aromatic rings. The quantitative estimate of drug-likeness (QED) is 0.559. The van der Waals surface area contributed by atoms with Gasteiger partial charge in [-0.25, -0.2) is 9.49 Å². The van der Waals surface area contributed by atoms with Crippen LogP contribution in [0.2, 0.25) is 0 Å². The number of aromatic nitrogens is 3. The van der Waals surface area contributed by atoms with Gasteiger partial charge < -0.3 is 9.47 Å². The summed E-state index contributed by atoms with van der Waals surface area (Å²) in [5, 5.41) is 11.0. The summed E-state index contributed by atoms with van der Waals surface area (Å²) in [5.74, 6) is 1.13. The summed E-state index contributed by atoms with van der Waals surface area (Å²) in [6.07, 6.45) is 1.56. The largest absolute Gasteiger partial charge is 0.497 e. The molecule has 0 saturated carbocycles. The van der Waals surface area contributed by atoms with Gasteiger partial charge in [-0.15, -0.1) is 0 Å². The minimum absolute atomic E-state index is 0.252. The number of nitrogens with zero attached hydrogens (tertiary/aromatic N) is 3. The van der Waals surface area contributed by atoms with Gasteiger partial charge in [0, 0.05) is 11.6 Å². The summed E-state index contributed by atoms with van der Waals surface area (Å²) in [7, 11) is 3.13. The average Bonchev–Trinajstić information content (AvgIpc) is 3.00. The minimum Gasteiger partial charge on any atom is -0.497 e. The first-order chi connectivity index (χ1) is 12.1. The second-order valence-electron chi connectivity index (χ2n) is 5.00. The molecule has 0 fully saturated rings. The molecule has 6 nitrogen and oxygen atoms in total. The Morgan fingerprint density at radius 1 is 1.20 bits per heavy atom. The van der Waals surface area contributed by atoms with E-state index in [2.05, 4.69) is 15.3 Å². The summed E-state index contributed by atoms with van der Waals surface area (Å²) in [6, 6.07) is 11.6. The van der Waals surface area contributed by atoms with Crippen molar-refractivity contribution in [3.8, 4) is 22.9 Å². The predicted molar refractivity (Wildman–Crippen MR) is 95.3 cm³/mol. The number of halogens is 1. The standard InChI is InChI=1S/C17H15FN4O2S/c1-23-12-8-7-11(15(9-12)24-2)10-19-22-16(20-21-17(22)25)13-5-3-4-6-14(13)18/h3-10H,1-2H3,(H,21,25)/b19-10-. The van der Waals surface area contributed by atoms with Gasteiger partial charge in [-0.3, -0.25) is 0 Å². The molecule has 128 valence electrons. The van der Waals surface area contributed by atoms with Crippen molar-refractivity contribution >= 4 is 18.4 Å². The molecular weight excluding hydrogens is 343 g/mol. The molecule has 3 rings (SSSR count). The maximum absolute atomic E-state index is 14.0. The van der Waals surface area contributed by atoms with Crippen molar-refractivity contribution in [1.29, 1.82) is 0 Å². The molecule has 25 heavy (non-hydrogen) atoms. The number of H-pyrrole nitrogens is 1. The van der Waals surface area contributed by atoms with Crippen LogP contribution in [-0.4, -0.2) is 35.3 Å². The number of rotatable bonds is 5. The molecule has 0 aliphatic carbocycles. The summed E-state index contributed by atoms with van der Waals surface area (Å²) in [5.41, 5.74) is 1.01. The molecule has 0 aliphatic rings. The molecule has 0 radical (unpaired) electrons. The van der Waals surface area contributed by atoms with Crippen LogP contribution in [0.25, 0.3) is 11.4 Å². The molecule has 1 aromatic heterocycles. The highest BCUT2D eigenvalue weighted by Gasteiger charge is 2.12. The number of ether oxygens (including phenoxy) is 2. The first kappa shape index (κ1) is 16.8. The topological polar surface area (TPSA) is 64.4 Å². The van der Waals surface area contributed by atoms with Crippen molar-refractivity contribution in [3.05, 3.63) is 58.6 Å². The Morgan fingerprint density at radius 2 is 2.00 bits per heavy atom. The Balaban J connectivity index is 2.02. The van der Waals surface area contributed by atoms with Gasteiger partial charge >= 0.3 is 0 Å². The summed E-state index contributed by atoms with van der Waals surface area (Å²) < 4.78 is 26.2. The fourth-order valence-electron chi connectivity index (χ4n) is 2.26. The number of nitrogens with one attached hydrogen (secondary N) is 1. The molecule has 2 aromatic carbocycles. The first-order valence-electron chi connectivity index (χ1n) is 7.32. The van der Waals surface area contributed by atoms with Gasteiger partial charge in [-0.2, -0.15) is 14.9 Å². The van der Waals surface area contributed by atoms with E-state index in [1.54, 1.807) is 56.8 Å². The van der Waals surface area contributed by atoms with Gasteiger partial charge in [-0.1, -0.05) is 12.1 Å². The summed E-state index contributed by atoms with van der Waals surface area (Å²) >= 11 is 5.19. The van der Waals surface area contributed by atoms with Crippen molar-refractivity contribution in [3.63, 3.8) is 0 Å². The third-order valence-electron chi connectivity index (χ3n) is 3.52. The smallest absolute Gasteiger partial charge is 0.216 e. The number of aromatic amines is 1. The van der Waals surface area contributed by atoms with E-state index in [0.717, 1.165) is 0 Å². The van der Waals surface area contributed by atoms with Crippen molar-refractivity contribution in [1.82, 2.24) is 14.9 Å². The highest BCUT2D eigenvalue weighted by molar-refractivity contribution is 7.71. The van der Waals surface area contributed by atoms with Gasteiger partial charge in [0.25, 0.3) is 0 Å². The lowest BCUT2D eigenvalue weighted by Gasteiger charge is -2.07. The second kappa shape index (κ2) is 7.27. The number of benzene rings is 2. The van der Waals surface area contributed by atoms with E-state index in [1.807, 2.05) is 0 Å². The average molecular weight is 358 g/mol. The van der Waals surface area contributed by atoms with Crippen molar-refractivity contribution in [2.75, 3.05) is 14.2 Å². The normalized spacial score (nSPS) is 11.0. The highest BCUT2D eigenvalue weighted by atomic mass is 32.1. The molecule has 1 heterocycles. The highest BCUT2D eigenvalue weighted by Crippen LogP contribution is 2.24. The summed E-state index contributed by atoms with van der Waals surface area (Å²) in [4.78, 5) is 0. The number of hydrogen-bond donors (Lipinski definition) is 1. The zero-order valence-corrected chi connectivity index (χ0v) is 14.4. The monoisotopic (exact) mass is 358 g/mol. The zero-order valence-electron chi connectivity index (χ0n) is 13.6. The van der Waals surface area contributed by atoms with E-state index >= 15 is 0 Å². The van der Waals surface area contributed by atoms with Gasteiger partial charge in [-0.05, 0) is 36.5 Å². The van der Waals surface area contributed by atoms with Crippen LogP contribution in [0.4, 0.5) is 4.39 Å².